The number of halogens is 3. The van der Waals surface area contributed by atoms with Crippen molar-refractivity contribution in [2.75, 3.05) is 5.32 Å². The fourth-order valence-corrected chi connectivity index (χ4v) is 3.42. The number of nitrogens with one attached hydrogen (secondary N) is 1. The van der Waals surface area contributed by atoms with Crippen LogP contribution in [0.3, 0.4) is 0 Å². The minimum Gasteiger partial charge on any atom is -0.362 e. The van der Waals surface area contributed by atoms with E-state index in [0.29, 0.717) is 5.57 Å². The van der Waals surface area contributed by atoms with Gasteiger partial charge in [0.05, 0.1) is 4.87 Å². The van der Waals surface area contributed by atoms with Crippen molar-refractivity contribution in [1.82, 2.24) is 0 Å². The number of rotatable bonds is 2. The van der Waals surface area contributed by atoms with Crippen LogP contribution in [-0.4, -0.2) is 15.5 Å². The molecule has 1 aromatic rings. The first kappa shape index (κ1) is 14.7. The molecule has 0 amide bonds. The Hall–Kier alpha value is -0.730. The molecule has 3 unspecified atom stereocenters. The molecule has 0 spiro atoms. The van der Waals surface area contributed by atoms with E-state index in [1.165, 1.54) is 6.92 Å². The average molecular weight is 302 g/mol. The molecule has 2 rings (SSSR count). The van der Waals surface area contributed by atoms with Gasteiger partial charge in [-0.05, 0) is 44.6 Å². The second-order valence-corrected chi connectivity index (χ2v) is 7.03. The predicted octanol–water partition coefficient (Wildman–Crippen LogP) is 5.11. The second-order valence-electron chi connectivity index (χ2n) is 5.63. The molecule has 19 heavy (non-hydrogen) atoms. The van der Waals surface area contributed by atoms with Gasteiger partial charge in [-0.2, -0.15) is 0 Å². The second kappa shape index (κ2) is 4.68. The summed E-state index contributed by atoms with van der Waals surface area (Å²) in [6.07, 6.45) is 1.71. The van der Waals surface area contributed by atoms with Gasteiger partial charge in [-0.15, -0.1) is 11.6 Å². The van der Waals surface area contributed by atoms with E-state index in [-0.39, 0.29) is 6.42 Å². The van der Waals surface area contributed by atoms with E-state index in [4.69, 9.17) is 23.2 Å². The number of hydrogen-bond donors (Lipinski definition) is 1. The van der Waals surface area contributed by atoms with E-state index in [1.54, 1.807) is 19.9 Å². The summed E-state index contributed by atoms with van der Waals surface area (Å²) in [7, 11) is 0. The predicted molar refractivity (Wildman–Crippen MR) is 80.8 cm³/mol. The topological polar surface area (TPSA) is 12.0 Å². The molecule has 0 heterocycles. The maximum Gasteiger partial charge on any atom is 0.153 e. The largest absolute Gasteiger partial charge is 0.362 e. The minimum atomic E-state index is -1.43. The molecule has 0 aliphatic heterocycles. The van der Waals surface area contributed by atoms with Gasteiger partial charge < -0.3 is 5.32 Å². The summed E-state index contributed by atoms with van der Waals surface area (Å²) in [6.45, 7) is 5.10. The van der Waals surface area contributed by atoms with Gasteiger partial charge in [0.25, 0.3) is 0 Å². The van der Waals surface area contributed by atoms with Gasteiger partial charge in [0.1, 0.15) is 5.67 Å². The Morgan fingerprint density at radius 2 is 1.74 bits per heavy atom. The molecule has 4 heteroatoms. The SMILES string of the molecule is CC1=CC(C)(F)CC(C)(Cl)C1(Cl)Nc1ccccc1. The van der Waals surface area contributed by atoms with E-state index in [0.717, 1.165) is 5.69 Å². The minimum absolute atomic E-state index is 0.155. The zero-order chi connectivity index (χ0) is 14.3. The Labute approximate surface area is 123 Å². The van der Waals surface area contributed by atoms with Crippen LogP contribution in [0.25, 0.3) is 0 Å². The lowest BCUT2D eigenvalue weighted by Gasteiger charge is -2.48. The van der Waals surface area contributed by atoms with Crippen LogP contribution in [0.5, 0.6) is 0 Å². The highest BCUT2D eigenvalue weighted by Crippen LogP contribution is 2.50. The molecule has 0 saturated heterocycles. The fraction of sp³-hybridized carbons (Fsp3) is 0.467. The molecule has 1 nitrogen and oxygen atoms in total. The number of hydrogen-bond acceptors (Lipinski definition) is 1. The summed E-state index contributed by atoms with van der Waals surface area (Å²) in [5.41, 5.74) is 0.128. The smallest absolute Gasteiger partial charge is 0.153 e. The monoisotopic (exact) mass is 301 g/mol. The Morgan fingerprint density at radius 1 is 1.16 bits per heavy atom. The van der Waals surface area contributed by atoms with Gasteiger partial charge in [-0.1, -0.05) is 29.8 Å². The molecule has 0 bridgehead atoms. The lowest BCUT2D eigenvalue weighted by Crippen LogP contribution is -2.56. The van der Waals surface area contributed by atoms with Crippen molar-refractivity contribution in [3.8, 4) is 0 Å². The van der Waals surface area contributed by atoms with Gasteiger partial charge in [0.15, 0.2) is 5.00 Å². The van der Waals surface area contributed by atoms with Gasteiger partial charge in [0.2, 0.25) is 0 Å². The van der Waals surface area contributed by atoms with E-state index in [1.807, 2.05) is 30.3 Å². The summed E-state index contributed by atoms with van der Waals surface area (Å²) in [5.74, 6) is 0. The highest BCUT2D eigenvalue weighted by Gasteiger charge is 2.54. The molecular weight excluding hydrogens is 284 g/mol. The first-order valence-electron chi connectivity index (χ1n) is 6.26. The quantitative estimate of drug-likeness (QED) is 0.455. The van der Waals surface area contributed by atoms with Gasteiger partial charge in [0, 0.05) is 12.1 Å². The molecule has 1 aliphatic rings. The Kier molecular flexibility index (Phi) is 3.61. The first-order chi connectivity index (χ1) is 8.66. The van der Waals surface area contributed by atoms with Crippen molar-refractivity contribution in [3.05, 3.63) is 42.0 Å². The summed E-state index contributed by atoms with van der Waals surface area (Å²) < 4.78 is 14.3. The van der Waals surface area contributed by atoms with Crippen LogP contribution in [0.1, 0.15) is 27.2 Å². The zero-order valence-electron chi connectivity index (χ0n) is 11.3. The van der Waals surface area contributed by atoms with Crippen molar-refractivity contribution in [1.29, 1.82) is 0 Å². The number of benzene rings is 1. The number of allylic oxidation sites excluding steroid dienone is 1. The maximum atomic E-state index is 14.3. The van der Waals surface area contributed by atoms with Crippen LogP contribution < -0.4 is 5.32 Å². The molecule has 1 N–H and O–H groups in total. The average Bonchev–Trinajstić information content (AvgIpc) is 2.26. The Morgan fingerprint density at radius 3 is 2.26 bits per heavy atom. The number of alkyl halides is 3. The highest BCUT2D eigenvalue weighted by atomic mass is 35.5. The standard InChI is InChI=1S/C15H18Cl2FN/c1-11-9-13(2,18)10-14(3,16)15(11,17)19-12-7-5-4-6-8-12/h4-9,19H,10H2,1-3H3. The third-order valence-electron chi connectivity index (χ3n) is 3.55. The maximum absolute atomic E-state index is 14.3. The zero-order valence-corrected chi connectivity index (χ0v) is 12.8. The van der Waals surface area contributed by atoms with E-state index in [2.05, 4.69) is 5.32 Å². The summed E-state index contributed by atoms with van der Waals surface area (Å²) >= 11 is 13.2. The third kappa shape index (κ3) is 2.75. The molecular formula is C15H18Cl2FN. The lowest BCUT2D eigenvalue weighted by molar-refractivity contribution is 0.192. The number of para-hydroxylation sites is 1. The molecule has 0 saturated carbocycles. The molecule has 1 aromatic carbocycles. The van der Waals surface area contributed by atoms with Crippen LogP contribution in [0.2, 0.25) is 0 Å². The van der Waals surface area contributed by atoms with Crippen LogP contribution >= 0.6 is 23.2 Å². The summed E-state index contributed by atoms with van der Waals surface area (Å²) in [4.78, 5) is -1.92. The van der Waals surface area contributed by atoms with Crippen LogP contribution in [0, 0.1) is 0 Å². The van der Waals surface area contributed by atoms with Gasteiger partial charge in [-0.3, -0.25) is 0 Å². The van der Waals surface area contributed by atoms with Crippen LogP contribution in [0.15, 0.2) is 42.0 Å². The number of anilines is 1. The highest BCUT2D eigenvalue weighted by molar-refractivity contribution is 6.37. The van der Waals surface area contributed by atoms with Gasteiger partial charge >= 0.3 is 0 Å². The van der Waals surface area contributed by atoms with E-state index >= 15 is 0 Å². The molecule has 0 fully saturated rings. The van der Waals surface area contributed by atoms with Crippen LogP contribution in [0.4, 0.5) is 10.1 Å². The molecule has 1 aliphatic carbocycles. The van der Waals surface area contributed by atoms with Crippen molar-refractivity contribution in [2.45, 2.75) is 42.7 Å². The van der Waals surface area contributed by atoms with E-state index < -0.39 is 15.5 Å². The first-order valence-corrected chi connectivity index (χ1v) is 7.02. The fourth-order valence-electron chi connectivity index (χ4n) is 2.73. The third-order valence-corrected chi connectivity index (χ3v) is 4.87. The molecule has 104 valence electrons. The molecule has 3 atom stereocenters. The van der Waals surface area contributed by atoms with Crippen molar-refractivity contribution < 1.29 is 4.39 Å². The van der Waals surface area contributed by atoms with Crippen molar-refractivity contribution in [2.24, 2.45) is 0 Å². The van der Waals surface area contributed by atoms with E-state index in [9.17, 15) is 4.39 Å². The van der Waals surface area contributed by atoms with Crippen LogP contribution in [-0.2, 0) is 0 Å². The molecule has 0 aromatic heterocycles. The van der Waals surface area contributed by atoms with Crippen molar-refractivity contribution in [3.63, 3.8) is 0 Å². The van der Waals surface area contributed by atoms with Crippen molar-refractivity contribution >= 4 is 28.9 Å². The Balaban J connectivity index is 2.40. The normalized spacial score (nSPS) is 38.7. The molecule has 0 radical (unpaired) electrons. The Bertz CT molecular complexity index is 496. The summed E-state index contributed by atoms with van der Waals surface area (Å²) in [5, 5.41) is 3.23. The van der Waals surface area contributed by atoms with Gasteiger partial charge in [-0.25, -0.2) is 4.39 Å². The lowest BCUT2D eigenvalue weighted by atomic mass is 9.77. The summed E-state index contributed by atoms with van der Waals surface area (Å²) in [6, 6.07) is 9.57.